The lowest BCUT2D eigenvalue weighted by molar-refractivity contribution is -0.117. The van der Waals surface area contributed by atoms with Crippen molar-refractivity contribution < 1.29 is 9.53 Å². The van der Waals surface area contributed by atoms with Gasteiger partial charge in [-0.25, -0.2) is 0 Å². The van der Waals surface area contributed by atoms with Crippen LogP contribution in [0, 0.1) is 5.41 Å². The van der Waals surface area contributed by atoms with Gasteiger partial charge in [-0.1, -0.05) is 19.9 Å². The molecule has 1 aromatic carbocycles. The van der Waals surface area contributed by atoms with E-state index in [0.29, 0.717) is 17.9 Å². The van der Waals surface area contributed by atoms with Crippen LogP contribution >= 0.6 is 0 Å². The fraction of sp³-hybridized carbons (Fsp3) is 0.357. The number of nitrogens with two attached hydrogens (primary N) is 1. The van der Waals surface area contributed by atoms with E-state index < -0.39 is 0 Å². The smallest absolute Gasteiger partial charge is 0.159 e. The minimum atomic E-state index is -0.0263. The van der Waals surface area contributed by atoms with Crippen molar-refractivity contribution in [3.05, 3.63) is 36.1 Å². The number of hydrogen-bond donors (Lipinski definition) is 1. The molecule has 0 atom stereocenters. The Balaban J connectivity index is 2.16. The molecule has 0 saturated carbocycles. The van der Waals surface area contributed by atoms with Crippen LogP contribution in [0.4, 0.5) is 5.69 Å². The molecule has 0 aliphatic heterocycles. The summed E-state index contributed by atoms with van der Waals surface area (Å²) in [5.74, 6) is 1.53. The topological polar surface area (TPSA) is 52.3 Å². The molecule has 0 radical (unpaired) electrons. The third-order valence-corrected chi connectivity index (χ3v) is 2.73. The molecule has 0 saturated heterocycles. The molecule has 2 N–H and O–H groups in total. The fourth-order valence-electron chi connectivity index (χ4n) is 2.08. The van der Waals surface area contributed by atoms with Gasteiger partial charge in [0.1, 0.15) is 11.5 Å². The molecule has 3 nitrogen and oxygen atoms in total. The molecule has 0 fully saturated rings. The highest BCUT2D eigenvalue weighted by Crippen LogP contribution is 2.34. The molecule has 1 aliphatic carbocycles. The summed E-state index contributed by atoms with van der Waals surface area (Å²) >= 11 is 0. The Labute approximate surface area is 101 Å². The van der Waals surface area contributed by atoms with E-state index in [2.05, 4.69) is 13.8 Å². The number of nitrogen functional groups attached to an aromatic ring is 1. The number of carbonyl (C=O) groups is 1. The summed E-state index contributed by atoms with van der Waals surface area (Å²) in [6.45, 7) is 4.14. The predicted octanol–water partition coefficient (Wildman–Crippen LogP) is 2.92. The van der Waals surface area contributed by atoms with Gasteiger partial charge < -0.3 is 10.5 Å². The Hall–Kier alpha value is -1.77. The van der Waals surface area contributed by atoms with E-state index in [-0.39, 0.29) is 11.2 Å². The van der Waals surface area contributed by atoms with E-state index >= 15 is 0 Å². The van der Waals surface area contributed by atoms with Crippen molar-refractivity contribution in [1.82, 2.24) is 0 Å². The van der Waals surface area contributed by atoms with Gasteiger partial charge in [0.15, 0.2) is 5.78 Å². The standard InChI is InChI=1S/C14H17NO2/c1-14(2)8-11(16)7-13(9-14)17-12-5-3-4-10(15)6-12/h3-7H,8-9,15H2,1-2H3. The normalized spacial score (nSPS) is 18.7. The van der Waals surface area contributed by atoms with E-state index in [1.165, 1.54) is 0 Å². The van der Waals surface area contributed by atoms with Crippen LogP contribution in [0.25, 0.3) is 0 Å². The van der Waals surface area contributed by atoms with Crippen molar-refractivity contribution in [3.63, 3.8) is 0 Å². The van der Waals surface area contributed by atoms with Crippen LogP contribution < -0.4 is 10.5 Å². The van der Waals surface area contributed by atoms with Crippen LogP contribution in [0.3, 0.4) is 0 Å². The number of ether oxygens (including phenoxy) is 1. The second kappa shape index (κ2) is 4.24. The maximum atomic E-state index is 11.6. The van der Waals surface area contributed by atoms with Crippen molar-refractivity contribution in [2.75, 3.05) is 5.73 Å². The quantitative estimate of drug-likeness (QED) is 0.796. The van der Waals surface area contributed by atoms with E-state index in [9.17, 15) is 4.79 Å². The van der Waals surface area contributed by atoms with Gasteiger partial charge in [-0.15, -0.1) is 0 Å². The van der Waals surface area contributed by atoms with Gasteiger partial charge in [-0.05, 0) is 17.5 Å². The maximum Gasteiger partial charge on any atom is 0.159 e. The lowest BCUT2D eigenvalue weighted by atomic mass is 9.79. The zero-order valence-electron chi connectivity index (χ0n) is 10.2. The number of anilines is 1. The Morgan fingerprint density at radius 1 is 1.29 bits per heavy atom. The monoisotopic (exact) mass is 231 g/mol. The number of carbonyl (C=O) groups excluding carboxylic acids is 1. The van der Waals surface area contributed by atoms with Crippen molar-refractivity contribution in [2.24, 2.45) is 5.41 Å². The summed E-state index contributed by atoms with van der Waals surface area (Å²) in [7, 11) is 0. The number of rotatable bonds is 2. The van der Waals surface area contributed by atoms with Gasteiger partial charge in [0.25, 0.3) is 0 Å². The molecular weight excluding hydrogens is 214 g/mol. The highest BCUT2D eigenvalue weighted by molar-refractivity contribution is 5.91. The van der Waals surface area contributed by atoms with Crippen LogP contribution in [0.2, 0.25) is 0 Å². The van der Waals surface area contributed by atoms with Crippen LogP contribution in [0.1, 0.15) is 26.7 Å². The molecule has 0 heterocycles. The molecule has 3 heteroatoms. The minimum Gasteiger partial charge on any atom is -0.462 e. The zero-order chi connectivity index (χ0) is 12.5. The van der Waals surface area contributed by atoms with E-state index in [0.717, 1.165) is 12.2 Å². The highest BCUT2D eigenvalue weighted by Gasteiger charge is 2.28. The summed E-state index contributed by atoms with van der Waals surface area (Å²) in [5, 5.41) is 0. The Kier molecular flexibility index (Phi) is 2.92. The second-order valence-electron chi connectivity index (χ2n) is 5.27. The number of allylic oxidation sites excluding steroid dienone is 2. The average molecular weight is 231 g/mol. The minimum absolute atomic E-state index is 0.0263. The molecule has 0 amide bonds. The summed E-state index contributed by atoms with van der Waals surface area (Å²) in [4.78, 5) is 11.6. The molecule has 1 aliphatic rings. The molecule has 0 aromatic heterocycles. The first kappa shape index (κ1) is 11.7. The van der Waals surface area contributed by atoms with Gasteiger partial charge in [-0.2, -0.15) is 0 Å². The SMILES string of the molecule is CC1(C)CC(=O)C=C(Oc2cccc(N)c2)C1. The third-order valence-electron chi connectivity index (χ3n) is 2.73. The van der Waals surface area contributed by atoms with Gasteiger partial charge in [0.2, 0.25) is 0 Å². The third kappa shape index (κ3) is 3.09. The Morgan fingerprint density at radius 2 is 2.06 bits per heavy atom. The van der Waals surface area contributed by atoms with Crippen LogP contribution in [0.15, 0.2) is 36.1 Å². The molecule has 0 spiro atoms. The van der Waals surface area contributed by atoms with E-state index in [4.69, 9.17) is 10.5 Å². The zero-order valence-corrected chi connectivity index (χ0v) is 10.2. The fourth-order valence-corrected chi connectivity index (χ4v) is 2.08. The van der Waals surface area contributed by atoms with E-state index in [1.807, 2.05) is 12.1 Å². The number of ketones is 1. The molecule has 0 bridgehead atoms. The first-order valence-corrected chi connectivity index (χ1v) is 5.71. The molecular formula is C14H17NO2. The number of hydrogen-bond acceptors (Lipinski definition) is 3. The molecule has 2 rings (SSSR count). The molecule has 17 heavy (non-hydrogen) atoms. The lowest BCUT2D eigenvalue weighted by Crippen LogP contribution is -2.23. The molecule has 90 valence electrons. The van der Waals surface area contributed by atoms with Crippen LogP contribution in [-0.2, 0) is 4.79 Å². The van der Waals surface area contributed by atoms with Crippen LogP contribution in [0.5, 0.6) is 5.75 Å². The first-order chi connectivity index (χ1) is 7.94. The molecule has 0 unspecified atom stereocenters. The van der Waals surface area contributed by atoms with Crippen molar-refractivity contribution in [2.45, 2.75) is 26.7 Å². The summed E-state index contributed by atoms with van der Waals surface area (Å²) < 4.78 is 5.70. The van der Waals surface area contributed by atoms with Crippen molar-refractivity contribution in [3.8, 4) is 5.75 Å². The lowest BCUT2D eigenvalue weighted by Gasteiger charge is -2.28. The van der Waals surface area contributed by atoms with Gasteiger partial charge in [0, 0.05) is 30.7 Å². The second-order valence-corrected chi connectivity index (χ2v) is 5.27. The summed E-state index contributed by atoms with van der Waals surface area (Å²) in [6, 6.07) is 7.23. The predicted molar refractivity (Wildman–Crippen MR) is 67.6 cm³/mol. The maximum absolute atomic E-state index is 11.6. The van der Waals surface area contributed by atoms with Gasteiger partial charge in [-0.3, -0.25) is 4.79 Å². The highest BCUT2D eigenvalue weighted by atomic mass is 16.5. The number of benzene rings is 1. The summed E-state index contributed by atoms with van der Waals surface area (Å²) in [6.07, 6.45) is 2.94. The van der Waals surface area contributed by atoms with E-state index in [1.54, 1.807) is 18.2 Å². The van der Waals surface area contributed by atoms with Gasteiger partial charge in [0.05, 0.1) is 0 Å². The van der Waals surface area contributed by atoms with Crippen molar-refractivity contribution >= 4 is 11.5 Å². The average Bonchev–Trinajstić information content (AvgIpc) is 2.13. The van der Waals surface area contributed by atoms with Crippen molar-refractivity contribution in [1.29, 1.82) is 0 Å². The largest absolute Gasteiger partial charge is 0.462 e. The Morgan fingerprint density at radius 3 is 2.71 bits per heavy atom. The van der Waals surface area contributed by atoms with Gasteiger partial charge >= 0.3 is 0 Å². The first-order valence-electron chi connectivity index (χ1n) is 5.71. The Bertz CT molecular complexity index is 475. The van der Waals surface area contributed by atoms with Crippen LogP contribution in [-0.4, -0.2) is 5.78 Å². The summed E-state index contributed by atoms with van der Waals surface area (Å²) in [5.41, 5.74) is 6.31. The molecule has 1 aromatic rings.